The molecule has 1 aliphatic carbocycles. The van der Waals surface area contributed by atoms with E-state index in [1.165, 1.54) is 19.3 Å². The summed E-state index contributed by atoms with van der Waals surface area (Å²) < 4.78 is 5.36. The summed E-state index contributed by atoms with van der Waals surface area (Å²) in [5.74, 6) is 1.88. The first-order valence-corrected chi connectivity index (χ1v) is 4.53. The maximum atomic E-state index is 5.36. The molecule has 10 heavy (non-hydrogen) atoms. The van der Waals surface area contributed by atoms with Gasteiger partial charge in [-0.05, 0) is 31.1 Å². The van der Waals surface area contributed by atoms with E-state index in [-0.39, 0.29) is 0 Å². The standard InChI is InChI=1S/C7H12O.C2H6/c1-2-7-3-6(1)4-8-5-7;1-2/h6-7H,1-5H2;1-2H3. The van der Waals surface area contributed by atoms with Gasteiger partial charge in [0.2, 0.25) is 0 Å². The molecule has 2 fully saturated rings. The van der Waals surface area contributed by atoms with Crippen LogP contribution in [0.1, 0.15) is 33.1 Å². The summed E-state index contributed by atoms with van der Waals surface area (Å²) in [6.07, 6.45) is 4.33. The number of hydrogen-bond donors (Lipinski definition) is 0. The highest BCUT2D eigenvalue weighted by molar-refractivity contribution is 4.78. The molecule has 1 heteroatoms. The van der Waals surface area contributed by atoms with Crippen LogP contribution in [0.4, 0.5) is 0 Å². The molecular formula is C9H18O. The van der Waals surface area contributed by atoms with Gasteiger partial charge in [0.25, 0.3) is 0 Å². The molecule has 2 atom stereocenters. The lowest BCUT2D eigenvalue weighted by Crippen LogP contribution is -2.16. The average molecular weight is 142 g/mol. The van der Waals surface area contributed by atoms with E-state index in [1.807, 2.05) is 13.8 Å². The Labute approximate surface area is 63.8 Å². The van der Waals surface area contributed by atoms with Crippen LogP contribution in [0.15, 0.2) is 0 Å². The highest BCUT2D eigenvalue weighted by Crippen LogP contribution is 2.34. The van der Waals surface area contributed by atoms with Gasteiger partial charge in [0.1, 0.15) is 0 Å². The van der Waals surface area contributed by atoms with Crippen molar-refractivity contribution in [3.63, 3.8) is 0 Å². The first-order chi connectivity index (χ1) is 4.95. The second-order valence-corrected chi connectivity index (χ2v) is 3.08. The minimum Gasteiger partial charge on any atom is -0.381 e. The van der Waals surface area contributed by atoms with E-state index in [2.05, 4.69) is 0 Å². The Morgan fingerprint density at radius 2 is 1.50 bits per heavy atom. The Morgan fingerprint density at radius 1 is 1.00 bits per heavy atom. The van der Waals surface area contributed by atoms with Gasteiger partial charge in [0.15, 0.2) is 0 Å². The molecule has 0 amide bonds. The Kier molecular flexibility index (Phi) is 3.20. The fourth-order valence-electron chi connectivity index (χ4n) is 1.88. The molecule has 1 heterocycles. The monoisotopic (exact) mass is 142 g/mol. The molecule has 0 spiro atoms. The molecule has 0 aromatic rings. The van der Waals surface area contributed by atoms with Crippen LogP contribution in [0, 0.1) is 11.8 Å². The number of hydrogen-bond acceptors (Lipinski definition) is 1. The van der Waals surface area contributed by atoms with Crippen molar-refractivity contribution < 1.29 is 4.74 Å². The van der Waals surface area contributed by atoms with Crippen LogP contribution < -0.4 is 0 Å². The van der Waals surface area contributed by atoms with Gasteiger partial charge in [-0.2, -0.15) is 0 Å². The van der Waals surface area contributed by atoms with Crippen molar-refractivity contribution in [2.24, 2.45) is 11.8 Å². The first kappa shape index (κ1) is 8.06. The van der Waals surface area contributed by atoms with Crippen molar-refractivity contribution in [2.45, 2.75) is 33.1 Å². The van der Waals surface area contributed by atoms with Crippen LogP contribution in [0.2, 0.25) is 0 Å². The third-order valence-electron chi connectivity index (χ3n) is 2.36. The molecular weight excluding hydrogens is 124 g/mol. The van der Waals surface area contributed by atoms with E-state index < -0.39 is 0 Å². The third kappa shape index (κ3) is 1.72. The second-order valence-electron chi connectivity index (χ2n) is 3.08. The Bertz CT molecular complexity index is 76.7. The second kappa shape index (κ2) is 3.97. The Hall–Kier alpha value is -0.0400. The van der Waals surface area contributed by atoms with Gasteiger partial charge in [-0.1, -0.05) is 13.8 Å². The van der Waals surface area contributed by atoms with Gasteiger partial charge in [-0.3, -0.25) is 0 Å². The quantitative estimate of drug-likeness (QED) is 0.505. The highest BCUT2D eigenvalue weighted by atomic mass is 16.5. The lowest BCUT2D eigenvalue weighted by Gasteiger charge is -2.17. The molecule has 1 saturated heterocycles. The molecule has 1 aliphatic heterocycles. The van der Waals surface area contributed by atoms with Crippen LogP contribution in [-0.4, -0.2) is 13.2 Å². The summed E-state index contributed by atoms with van der Waals surface area (Å²) in [6, 6.07) is 0. The molecule has 0 aromatic heterocycles. The summed E-state index contributed by atoms with van der Waals surface area (Å²) in [4.78, 5) is 0. The number of rotatable bonds is 0. The predicted molar refractivity (Wildman–Crippen MR) is 43.0 cm³/mol. The zero-order valence-corrected chi connectivity index (χ0v) is 7.10. The van der Waals surface area contributed by atoms with Crippen LogP contribution >= 0.6 is 0 Å². The molecule has 0 N–H and O–H groups in total. The highest BCUT2D eigenvalue weighted by Gasteiger charge is 2.28. The normalized spacial score (nSPS) is 36.6. The van der Waals surface area contributed by atoms with Crippen molar-refractivity contribution in [2.75, 3.05) is 13.2 Å². The predicted octanol–water partition coefficient (Wildman–Crippen LogP) is 2.46. The van der Waals surface area contributed by atoms with Crippen molar-refractivity contribution >= 4 is 0 Å². The van der Waals surface area contributed by atoms with Gasteiger partial charge in [0.05, 0.1) is 0 Å². The van der Waals surface area contributed by atoms with E-state index in [4.69, 9.17) is 4.74 Å². The Balaban J connectivity index is 0.000000231. The van der Waals surface area contributed by atoms with Gasteiger partial charge >= 0.3 is 0 Å². The van der Waals surface area contributed by atoms with Crippen molar-refractivity contribution in [3.8, 4) is 0 Å². The van der Waals surface area contributed by atoms with E-state index in [9.17, 15) is 0 Å². The maximum absolute atomic E-state index is 5.36. The molecule has 2 unspecified atom stereocenters. The summed E-state index contributed by atoms with van der Waals surface area (Å²) >= 11 is 0. The summed E-state index contributed by atoms with van der Waals surface area (Å²) in [7, 11) is 0. The molecule has 2 aliphatic rings. The molecule has 60 valence electrons. The van der Waals surface area contributed by atoms with E-state index in [0.29, 0.717) is 0 Å². The van der Waals surface area contributed by atoms with Gasteiger partial charge < -0.3 is 4.74 Å². The van der Waals surface area contributed by atoms with E-state index in [0.717, 1.165) is 25.0 Å². The van der Waals surface area contributed by atoms with Crippen molar-refractivity contribution in [1.29, 1.82) is 0 Å². The summed E-state index contributed by atoms with van der Waals surface area (Å²) in [5, 5.41) is 0. The van der Waals surface area contributed by atoms with Gasteiger partial charge in [-0.25, -0.2) is 0 Å². The molecule has 0 aromatic carbocycles. The number of ether oxygens (including phenoxy) is 1. The lowest BCUT2D eigenvalue weighted by molar-refractivity contribution is 0.0477. The SMILES string of the molecule is C1CC2COCC1C2.CC. The fraction of sp³-hybridized carbons (Fsp3) is 1.00. The zero-order chi connectivity index (χ0) is 7.40. The van der Waals surface area contributed by atoms with Crippen LogP contribution in [0.25, 0.3) is 0 Å². The van der Waals surface area contributed by atoms with Gasteiger partial charge in [-0.15, -0.1) is 0 Å². The molecule has 2 bridgehead atoms. The minimum atomic E-state index is 0.939. The molecule has 0 radical (unpaired) electrons. The minimum absolute atomic E-state index is 0.939. The molecule has 2 rings (SSSR count). The number of fused-ring (bicyclic) bond motifs is 2. The van der Waals surface area contributed by atoms with Gasteiger partial charge in [0, 0.05) is 13.2 Å². The summed E-state index contributed by atoms with van der Waals surface area (Å²) in [6.45, 7) is 6.10. The first-order valence-electron chi connectivity index (χ1n) is 4.53. The van der Waals surface area contributed by atoms with Crippen LogP contribution in [-0.2, 0) is 4.74 Å². The van der Waals surface area contributed by atoms with Crippen LogP contribution in [0.5, 0.6) is 0 Å². The molecule has 1 saturated carbocycles. The van der Waals surface area contributed by atoms with E-state index >= 15 is 0 Å². The third-order valence-corrected chi connectivity index (χ3v) is 2.36. The van der Waals surface area contributed by atoms with Crippen molar-refractivity contribution in [3.05, 3.63) is 0 Å². The average Bonchev–Trinajstić information content (AvgIpc) is 2.35. The lowest BCUT2D eigenvalue weighted by atomic mass is 10.0. The molecule has 1 nitrogen and oxygen atoms in total. The van der Waals surface area contributed by atoms with E-state index in [1.54, 1.807) is 0 Å². The zero-order valence-electron chi connectivity index (χ0n) is 7.10. The topological polar surface area (TPSA) is 9.23 Å². The summed E-state index contributed by atoms with van der Waals surface area (Å²) in [5.41, 5.74) is 0. The largest absolute Gasteiger partial charge is 0.381 e. The maximum Gasteiger partial charge on any atom is 0.0494 e. The fourth-order valence-corrected chi connectivity index (χ4v) is 1.88. The smallest absolute Gasteiger partial charge is 0.0494 e. The van der Waals surface area contributed by atoms with Crippen LogP contribution in [0.3, 0.4) is 0 Å². The van der Waals surface area contributed by atoms with Crippen molar-refractivity contribution in [1.82, 2.24) is 0 Å². The Morgan fingerprint density at radius 3 is 1.90 bits per heavy atom.